The van der Waals surface area contributed by atoms with Gasteiger partial charge in [0.1, 0.15) is 0 Å². The summed E-state index contributed by atoms with van der Waals surface area (Å²) >= 11 is 5.95. The number of carbonyl (C=O) groups excluding carboxylic acids is 2. The van der Waals surface area contributed by atoms with Gasteiger partial charge in [-0.25, -0.2) is 0 Å². The van der Waals surface area contributed by atoms with Gasteiger partial charge in [-0.3, -0.25) is 14.5 Å². The smallest absolute Gasteiger partial charge is 0.223 e. The van der Waals surface area contributed by atoms with Crippen LogP contribution in [0.2, 0.25) is 5.02 Å². The SMILES string of the molecule is O=C(NCCc1cccc(Cl)c1)C1CC1C(=O)NCCN1CCOCC1. The second-order valence-electron chi connectivity index (χ2n) is 6.86. The zero-order chi connectivity index (χ0) is 18.4. The lowest BCUT2D eigenvalue weighted by Crippen LogP contribution is -2.41. The molecular weight excluding hydrogens is 354 g/mol. The van der Waals surface area contributed by atoms with E-state index in [0.717, 1.165) is 44.8 Å². The summed E-state index contributed by atoms with van der Waals surface area (Å²) in [6.45, 7) is 5.35. The molecule has 2 N–H and O–H groups in total. The Balaban J connectivity index is 1.29. The highest BCUT2D eigenvalue weighted by Crippen LogP contribution is 2.38. The van der Waals surface area contributed by atoms with Crippen LogP contribution in [0.15, 0.2) is 24.3 Å². The summed E-state index contributed by atoms with van der Waals surface area (Å²) in [6, 6.07) is 7.61. The fraction of sp³-hybridized carbons (Fsp3) is 0.579. The number of carbonyl (C=O) groups is 2. The van der Waals surface area contributed by atoms with Gasteiger partial charge in [-0.2, -0.15) is 0 Å². The van der Waals surface area contributed by atoms with Gasteiger partial charge < -0.3 is 15.4 Å². The normalized spacial score (nSPS) is 22.7. The van der Waals surface area contributed by atoms with Crippen molar-refractivity contribution in [1.29, 1.82) is 0 Å². The predicted molar refractivity (Wildman–Crippen MR) is 100 cm³/mol. The molecule has 0 bridgehead atoms. The summed E-state index contributed by atoms with van der Waals surface area (Å²) < 4.78 is 5.30. The van der Waals surface area contributed by atoms with Crippen LogP contribution in [0.3, 0.4) is 0 Å². The van der Waals surface area contributed by atoms with Crippen molar-refractivity contribution in [1.82, 2.24) is 15.5 Å². The van der Waals surface area contributed by atoms with E-state index in [1.54, 1.807) is 0 Å². The molecule has 1 heterocycles. The van der Waals surface area contributed by atoms with Crippen LogP contribution in [-0.2, 0) is 20.7 Å². The first-order valence-corrected chi connectivity index (χ1v) is 9.61. The van der Waals surface area contributed by atoms with Crippen molar-refractivity contribution in [2.24, 2.45) is 11.8 Å². The van der Waals surface area contributed by atoms with E-state index in [9.17, 15) is 9.59 Å². The molecule has 142 valence electrons. The molecule has 1 aliphatic heterocycles. The van der Waals surface area contributed by atoms with E-state index in [4.69, 9.17) is 16.3 Å². The highest BCUT2D eigenvalue weighted by atomic mass is 35.5. The molecule has 2 unspecified atom stereocenters. The van der Waals surface area contributed by atoms with E-state index < -0.39 is 0 Å². The molecular formula is C19H26ClN3O3. The minimum absolute atomic E-state index is 0.00625. The number of ether oxygens (including phenoxy) is 1. The molecule has 1 aromatic carbocycles. The Kier molecular flexibility index (Phi) is 6.88. The van der Waals surface area contributed by atoms with Gasteiger partial charge in [0.25, 0.3) is 0 Å². The Morgan fingerprint density at radius 3 is 2.50 bits per heavy atom. The molecule has 1 aliphatic carbocycles. The quantitative estimate of drug-likeness (QED) is 0.709. The van der Waals surface area contributed by atoms with Crippen molar-refractivity contribution in [3.8, 4) is 0 Å². The number of morpholine rings is 1. The standard InChI is InChI=1S/C19H26ClN3O3/c20-15-3-1-2-14(12-15)4-5-21-18(24)16-13-17(16)19(25)22-6-7-23-8-10-26-11-9-23/h1-3,12,16-17H,4-11,13H2,(H,21,24)(H,22,25). The molecule has 1 saturated carbocycles. The predicted octanol–water partition coefficient (Wildman–Crippen LogP) is 1.08. The number of nitrogens with zero attached hydrogens (tertiary/aromatic N) is 1. The number of hydrogen-bond acceptors (Lipinski definition) is 4. The summed E-state index contributed by atoms with van der Waals surface area (Å²) in [6.07, 6.45) is 1.38. The molecule has 0 aromatic heterocycles. The molecule has 0 spiro atoms. The number of benzene rings is 1. The van der Waals surface area contributed by atoms with Gasteiger partial charge in [-0.1, -0.05) is 23.7 Å². The highest BCUT2D eigenvalue weighted by Gasteiger charge is 2.47. The van der Waals surface area contributed by atoms with E-state index in [1.807, 2.05) is 24.3 Å². The second-order valence-corrected chi connectivity index (χ2v) is 7.30. The first-order valence-electron chi connectivity index (χ1n) is 9.23. The van der Waals surface area contributed by atoms with Crippen LogP contribution in [0.4, 0.5) is 0 Å². The number of nitrogens with one attached hydrogen (secondary N) is 2. The zero-order valence-electron chi connectivity index (χ0n) is 14.9. The van der Waals surface area contributed by atoms with Crippen molar-refractivity contribution in [3.05, 3.63) is 34.9 Å². The maximum atomic E-state index is 12.2. The molecule has 3 rings (SSSR count). The van der Waals surface area contributed by atoms with Crippen molar-refractivity contribution >= 4 is 23.4 Å². The number of rotatable bonds is 8. The summed E-state index contributed by atoms with van der Waals surface area (Å²) in [5.74, 6) is -0.391. The van der Waals surface area contributed by atoms with E-state index in [-0.39, 0.29) is 23.7 Å². The van der Waals surface area contributed by atoms with Gasteiger partial charge in [-0.05, 0) is 30.5 Å². The van der Waals surface area contributed by atoms with Crippen molar-refractivity contribution in [3.63, 3.8) is 0 Å². The zero-order valence-corrected chi connectivity index (χ0v) is 15.6. The summed E-state index contributed by atoms with van der Waals surface area (Å²) in [5, 5.41) is 6.57. The summed E-state index contributed by atoms with van der Waals surface area (Å²) in [7, 11) is 0. The fourth-order valence-electron chi connectivity index (χ4n) is 3.22. The topological polar surface area (TPSA) is 70.7 Å². The maximum absolute atomic E-state index is 12.2. The molecule has 26 heavy (non-hydrogen) atoms. The lowest BCUT2D eigenvalue weighted by molar-refractivity contribution is -0.127. The largest absolute Gasteiger partial charge is 0.379 e. The first-order chi connectivity index (χ1) is 12.6. The fourth-order valence-corrected chi connectivity index (χ4v) is 3.43. The summed E-state index contributed by atoms with van der Waals surface area (Å²) in [5.41, 5.74) is 1.09. The van der Waals surface area contributed by atoms with Crippen LogP contribution >= 0.6 is 11.6 Å². The van der Waals surface area contributed by atoms with Crippen LogP contribution in [-0.4, -0.2) is 62.7 Å². The number of halogens is 1. The van der Waals surface area contributed by atoms with Gasteiger partial charge in [0.05, 0.1) is 25.0 Å². The van der Waals surface area contributed by atoms with Gasteiger partial charge in [0.2, 0.25) is 11.8 Å². The van der Waals surface area contributed by atoms with Gasteiger partial charge in [0.15, 0.2) is 0 Å². The van der Waals surface area contributed by atoms with Crippen LogP contribution in [0.25, 0.3) is 0 Å². The maximum Gasteiger partial charge on any atom is 0.223 e. The van der Waals surface area contributed by atoms with Crippen LogP contribution in [0.1, 0.15) is 12.0 Å². The Morgan fingerprint density at radius 2 is 1.81 bits per heavy atom. The van der Waals surface area contributed by atoms with E-state index in [0.29, 0.717) is 24.5 Å². The number of amides is 2. The molecule has 1 saturated heterocycles. The molecule has 2 amide bonds. The van der Waals surface area contributed by atoms with Crippen molar-refractivity contribution in [2.75, 3.05) is 45.9 Å². The molecule has 0 radical (unpaired) electrons. The third-order valence-corrected chi connectivity index (χ3v) is 5.13. The van der Waals surface area contributed by atoms with Gasteiger partial charge in [-0.15, -0.1) is 0 Å². The van der Waals surface area contributed by atoms with Gasteiger partial charge >= 0.3 is 0 Å². The molecule has 7 heteroatoms. The second kappa shape index (κ2) is 9.35. The van der Waals surface area contributed by atoms with Crippen LogP contribution in [0.5, 0.6) is 0 Å². The van der Waals surface area contributed by atoms with Crippen molar-refractivity contribution in [2.45, 2.75) is 12.8 Å². The average Bonchev–Trinajstić information content (AvgIpc) is 3.43. The molecule has 2 fully saturated rings. The lowest BCUT2D eigenvalue weighted by Gasteiger charge is -2.26. The van der Waals surface area contributed by atoms with Crippen LogP contribution in [0, 0.1) is 11.8 Å². The van der Waals surface area contributed by atoms with E-state index >= 15 is 0 Å². The minimum Gasteiger partial charge on any atom is -0.379 e. The van der Waals surface area contributed by atoms with Crippen molar-refractivity contribution < 1.29 is 14.3 Å². The molecule has 2 aliphatic rings. The Hall–Kier alpha value is -1.63. The third-order valence-electron chi connectivity index (χ3n) is 4.90. The van der Waals surface area contributed by atoms with E-state index in [1.165, 1.54) is 0 Å². The minimum atomic E-state index is -0.183. The molecule has 1 aromatic rings. The number of hydrogen-bond donors (Lipinski definition) is 2. The van der Waals surface area contributed by atoms with Crippen LogP contribution < -0.4 is 10.6 Å². The Labute approximate surface area is 159 Å². The Bertz CT molecular complexity index is 634. The first kappa shape index (κ1) is 19.1. The van der Waals surface area contributed by atoms with Gasteiger partial charge in [0, 0.05) is 37.7 Å². The Morgan fingerprint density at radius 1 is 1.12 bits per heavy atom. The third kappa shape index (κ3) is 5.69. The monoisotopic (exact) mass is 379 g/mol. The highest BCUT2D eigenvalue weighted by molar-refractivity contribution is 6.30. The average molecular weight is 380 g/mol. The summed E-state index contributed by atoms with van der Waals surface area (Å²) in [4.78, 5) is 26.6. The molecule has 2 atom stereocenters. The van der Waals surface area contributed by atoms with E-state index in [2.05, 4.69) is 15.5 Å². The molecule has 6 nitrogen and oxygen atoms in total. The lowest BCUT2D eigenvalue weighted by atomic mass is 10.1.